The third-order valence-electron chi connectivity index (χ3n) is 3.82. The van der Waals surface area contributed by atoms with Gasteiger partial charge >= 0.3 is 0 Å². The van der Waals surface area contributed by atoms with Crippen LogP contribution >= 0.6 is 0 Å². The number of hydrogen-bond donors (Lipinski definition) is 1. The van der Waals surface area contributed by atoms with Gasteiger partial charge < -0.3 is 10.2 Å². The molecule has 19 heavy (non-hydrogen) atoms. The maximum atomic E-state index is 14.0. The molecule has 1 aromatic rings. The van der Waals surface area contributed by atoms with Gasteiger partial charge in [0.1, 0.15) is 17.3 Å². The predicted octanol–water partition coefficient (Wildman–Crippen LogP) is 3.17. The number of rotatable bonds is 6. The number of benzene rings is 1. The molecular weight excluding hydrogens is 246 g/mol. The number of nitrogens with one attached hydrogen (secondary N) is 1. The molecule has 4 heteroatoms. The third kappa shape index (κ3) is 3.44. The Balaban J connectivity index is 2.11. The zero-order chi connectivity index (χ0) is 14.0. The highest BCUT2D eigenvalue weighted by atomic mass is 19.1. The quantitative estimate of drug-likeness (QED) is 0.852. The van der Waals surface area contributed by atoms with E-state index in [1.54, 1.807) is 11.9 Å². The second-order valence-corrected chi connectivity index (χ2v) is 5.54. The fourth-order valence-electron chi connectivity index (χ4n) is 2.45. The summed E-state index contributed by atoms with van der Waals surface area (Å²) in [4.78, 5) is 1.70. The van der Waals surface area contributed by atoms with Crippen LogP contribution in [0.1, 0.15) is 25.8 Å². The van der Waals surface area contributed by atoms with E-state index in [9.17, 15) is 8.78 Å². The molecule has 1 aliphatic carbocycles. The van der Waals surface area contributed by atoms with Crippen LogP contribution in [0.3, 0.4) is 0 Å². The zero-order valence-corrected chi connectivity index (χ0v) is 11.8. The molecule has 1 N–H and O–H groups in total. The maximum Gasteiger partial charge on any atom is 0.149 e. The lowest BCUT2D eigenvalue weighted by molar-refractivity contribution is 0.565. The largest absolute Gasteiger partial charge is 0.370 e. The molecular formula is C15H22F2N2. The lowest BCUT2D eigenvalue weighted by atomic mass is 10.1. The van der Waals surface area contributed by atoms with Gasteiger partial charge in [-0.15, -0.1) is 0 Å². The van der Waals surface area contributed by atoms with Crippen molar-refractivity contribution >= 4 is 5.69 Å². The molecule has 0 heterocycles. The molecule has 2 nitrogen and oxygen atoms in total. The summed E-state index contributed by atoms with van der Waals surface area (Å²) in [5.74, 6) is 0.319. The van der Waals surface area contributed by atoms with E-state index in [1.807, 2.05) is 6.92 Å². The van der Waals surface area contributed by atoms with Crippen LogP contribution in [0.25, 0.3) is 0 Å². The average Bonchev–Trinajstić information content (AvgIpc) is 3.01. The van der Waals surface area contributed by atoms with E-state index in [1.165, 1.54) is 12.1 Å². The Morgan fingerprint density at radius 1 is 1.32 bits per heavy atom. The molecule has 0 radical (unpaired) electrons. The molecule has 0 aromatic heterocycles. The molecule has 2 unspecified atom stereocenters. The Morgan fingerprint density at radius 3 is 2.37 bits per heavy atom. The molecule has 1 aromatic carbocycles. The van der Waals surface area contributed by atoms with Crippen LogP contribution in [0.2, 0.25) is 0 Å². The summed E-state index contributed by atoms with van der Waals surface area (Å²) in [6, 6.07) is 2.85. The summed E-state index contributed by atoms with van der Waals surface area (Å²) in [5, 5.41) is 3.07. The monoisotopic (exact) mass is 268 g/mol. The number of hydrogen-bond acceptors (Lipinski definition) is 2. The van der Waals surface area contributed by atoms with E-state index in [0.29, 0.717) is 23.9 Å². The molecule has 1 fully saturated rings. The molecule has 2 atom stereocenters. The summed E-state index contributed by atoms with van der Waals surface area (Å²) in [5.41, 5.74) is 0.744. The van der Waals surface area contributed by atoms with Gasteiger partial charge in [0.15, 0.2) is 0 Å². The molecule has 1 aliphatic rings. The standard InChI is InChI=1S/C15H22F2N2/c1-4-18-8-11-6-13(16)15(14(17)7-11)19(3)9-12-5-10(12)2/h6-7,10,12,18H,4-5,8-9H2,1-3H3. The Hall–Kier alpha value is -1.16. The Kier molecular flexibility index (Phi) is 4.40. The van der Waals surface area contributed by atoms with Gasteiger partial charge in [-0.3, -0.25) is 0 Å². The van der Waals surface area contributed by atoms with Crippen LogP contribution in [0.15, 0.2) is 12.1 Å². The first-order valence-corrected chi connectivity index (χ1v) is 6.92. The molecule has 0 aliphatic heterocycles. The van der Waals surface area contributed by atoms with E-state index < -0.39 is 11.6 Å². The van der Waals surface area contributed by atoms with Crippen LogP contribution in [-0.2, 0) is 6.54 Å². The van der Waals surface area contributed by atoms with Crippen LogP contribution in [-0.4, -0.2) is 20.1 Å². The first kappa shape index (κ1) is 14.3. The van der Waals surface area contributed by atoms with Crippen molar-refractivity contribution in [1.82, 2.24) is 5.32 Å². The minimum absolute atomic E-state index is 0.0966. The summed E-state index contributed by atoms with van der Waals surface area (Å²) in [6.07, 6.45) is 1.16. The summed E-state index contributed by atoms with van der Waals surface area (Å²) >= 11 is 0. The molecule has 0 bridgehead atoms. The minimum atomic E-state index is -0.469. The number of nitrogens with zero attached hydrogens (tertiary/aromatic N) is 1. The molecule has 106 valence electrons. The van der Waals surface area contributed by atoms with Crippen LogP contribution in [0.5, 0.6) is 0 Å². The topological polar surface area (TPSA) is 15.3 Å². The van der Waals surface area contributed by atoms with E-state index >= 15 is 0 Å². The molecule has 1 saturated carbocycles. The Labute approximate surface area is 113 Å². The third-order valence-corrected chi connectivity index (χ3v) is 3.82. The Morgan fingerprint density at radius 2 is 1.89 bits per heavy atom. The molecule has 0 amide bonds. The van der Waals surface area contributed by atoms with Crippen molar-refractivity contribution in [3.05, 3.63) is 29.3 Å². The highest BCUT2D eigenvalue weighted by Crippen LogP contribution is 2.39. The van der Waals surface area contributed by atoms with E-state index in [4.69, 9.17) is 0 Å². The first-order chi connectivity index (χ1) is 9.02. The highest BCUT2D eigenvalue weighted by Gasteiger charge is 2.34. The molecule has 0 spiro atoms. The van der Waals surface area contributed by atoms with Gasteiger partial charge in [-0.2, -0.15) is 0 Å². The van der Waals surface area contributed by atoms with Gasteiger partial charge in [0.05, 0.1) is 0 Å². The van der Waals surface area contributed by atoms with Crippen molar-refractivity contribution in [3.8, 4) is 0 Å². The van der Waals surface area contributed by atoms with Crippen molar-refractivity contribution in [2.24, 2.45) is 11.8 Å². The van der Waals surface area contributed by atoms with Gasteiger partial charge in [-0.1, -0.05) is 13.8 Å². The Bertz CT molecular complexity index is 425. The predicted molar refractivity (Wildman–Crippen MR) is 74.3 cm³/mol. The summed E-state index contributed by atoms with van der Waals surface area (Å²) < 4.78 is 28.1. The average molecular weight is 268 g/mol. The lowest BCUT2D eigenvalue weighted by Crippen LogP contribution is -2.23. The SMILES string of the molecule is CCNCc1cc(F)c(N(C)CC2CC2C)c(F)c1. The van der Waals surface area contributed by atoms with E-state index in [2.05, 4.69) is 12.2 Å². The number of halogens is 2. The first-order valence-electron chi connectivity index (χ1n) is 6.92. The smallest absolute Gasteiger partial charge is 0.149 e. The molecule has 0 saturated heterocycles. The summed E-state index contributed by atoms with van der Waals surface area (Å²) in [6.45, 7) is 6.14. The van der Waals surface area contributed by atoms with Crippen LogP contribution in [0, 0.1) is 23.5 Å². The van der Waals surface area contributed by atoms with Crippen molar-refractivity contribution in [1.29, 1.82) is 0 Å². The second kappa shape index (κ2) is 5.87. The fourth-order valence-corrected chi connectivity index (χ4v) is 2.45. The van der Waals surface area contributed by atoms with Crippen molar-refractivity contribution < 1.29 is 8.78 Å². The maximum absolute atomic E-state index is 14.0. The van der Waals surface area contributed by atoms with Gasteiger partial charge in [0.25, 0.3) is 0 Å². The van der Waals surface area contributed by atoms with E-state index in [-0.39, 0.29) is 5.69 Å². The van der Waals surface area contributed by atoms with Crippen LogP contribution < -0.4 is 10.2 Å². The van der Waals surface area contributed by atoms with Crippen molar-refractivity contribution in [3.63, 3.8) is 0 Å². The lowest BCUT2D eigenvalue weighted by Gasteiger charge is -2.21. The van der Waals surface area contributed by atoms with Crippen molar-refractivity contribution in [2.75, 3.05) is 25.0 Å². The minimum Gasteiger partial charge on any atom is -0.370 e. The zero-order valence-electron chi connectivity index (χ0n) is 11.8. The summed E-state index contributed by atoms with van der Waals surface area (Å²) in [7, 11) is 1.76. The normalized spacial score (nSPS) is 21.5. The van der Waals surface area contributed by atoms with Gasteiger partial charge in [0, 0.05) is 20.1 Å². The fraction of sp³-hybridized carbons (Fsp3) is 0.600. The highest BCUT2D eigenvalue weighted by molar-refractivity contribution is 5.50. The van der Waals surface area contributed by atoms with Crippen LogP contribution in [0.4, 0.5) is 14.5 Å². The van der Waals surface area contributed by atoms with E-state index in [0.717, 1.165) is 19.5 Å². The van der Waals surface area contributed by atoms with Gasteiger partial charge in [-0.25, -0.2) is 8.78 Å². The van der Waals surface area contributed by atoms with Crippen molar-refractivity contribution in [2.45, 2.75) is 26.8 Å². The molecule has 2 rings (SSSR count). The van der Waals surface area contributed by atoms with Gasteiger partial charge in [-0.05, 0) is 42.5 Å². The second-order valence-electron chi connectivity index (χ2n) is 5.54. The van der Waals surface area contributed by atoms with Gasteiger partial charge in [0.2, 0.25) is 0 Å². The number of anilines is 1.